The molecule has 0 amide bonds. The van der Waals surface area contributed by atoms with Crippen LogP contribution in [0, 0.1) is 0 Å². The van der Waals surface area contributed by atoms with E-state index in [1.54, 1.807) is 14.0 Å². The number of thioether (sulfide) groups is 1. The molecule has 0 saturated carbocycles. The summed E-state index contributed by atoms with van der Waals surface area (Å²) in [6.45, 7) is 6.79. The number of carboxylic acid groups (broad SMARTS) is 1. The van der Waals surface area contributed by atoms with Crippen molar-refractivity contribution >= 4 is 23.5 Å². The summed E-state index contributed by atoms with van der Waals surface area (Å²) in [6, 6.07) is 7.82. The second-order valence-corrected chi connectivity index (χ2v) is 10.4. The highest BCUT2D eigenvalue weighted by atomic mass is 32.2. The first-order chi connectivity index (χ1) is 16.2. The number of aryl methyl sites for hydroxylation is 1. The largest absolute Gasteiger partial charge is 0.480 e. The van der Waals surface area contributed by atoms with Crippen molar-refractivity contribution in [1.29, 1.82) is 0 Å². The molecule has 2 rings (SSSR count). The van der Waals surface area contributed by atoms with E-state index in [-0.39, 0.29) is 11.4 Å². The van der Waals surface area contributed by atoms with Crippen LogP contribution < -0.4 is 16.6 Å². The van der Waals surface area contributed by atoms with E-state index in [2.05, 4.69) is 17.3 Å². The van der Waals surface area contributed by atoms with Gasteiger partial charge in [0.1, 0.15) is 4.75 Å². The van der Waals surface area contributed by atoms with Crippen molar-refractivity contribution in [2.45, 2.75) is 88.3 Å². The molecule has 0 spiro atoms. The number of benzene rings is 1. The summed E-state index contributed by atoms with van der Waals surface area (Å²) in [5, 5.41) is 16.8. The number of carbonyl (C=O) groups is 1. The van der Waals surface area contributed by atoms with Gasteiger partial charge in [0.2, 0.25) is 5.82 Å². The molecule has 1 aromatic heterocycles. The van der Waals surface area contributed by atoms with Gasteiger partial charge >= 0.3 is 11.7 Å². The number of rotatable bonds is 15. The lowest BCUT2D eigenvalue weighted by atomic mass is 10.1. The van der Waals surface area contributed by atoms with Crippen molar-refractivity contribution in [3.8, 4) is 0 Å². The van der Waals surface area contributed by atoms with Crippen molar-refractivity contribution in [3.05, 3.63) is 50.7 Å². The molecule has 1 aromatic carbocycles. The van der Waals surface area contributed by atoms with Gasteiger partial charge in [0, 0.05) is 25.0 Å². The highest BCUT2D eigenvalue weighted by Gasteiger charge is 2.33. The molecule has 188 valence electrons. The summed E-state index contributed by atoms with van der Waals surface area (Å²) >= 11 is 1.37. The van der Waals surface area contributed by atoms with Crippen LogP contribution in [0.5, 0.6) is 0 Å². The Morgan fingerprint density at radius 1 is 1.09 bits per heavy atom. The molecule has 9 heteroatoms. The van der Waals surface area contributed by atoms with Gasteiger partial charge in [-0.05, 0) is 43.9 Å². The zero-order valence-electron chi connectivity index (χ0n) is 20.8. The fourth-order valence-electron chi connectivity index (χ4n) is 3.79. The van der Waals surface area contributed by atoms with Crippen molar-refractivity contribution < 1.29 is 9.90 Å². The van der Waals surface area contributed by atoms with Crippen LogP contribution in [0.2, 0.25) is 0 Å². The minimum Gasteiger partial charge on any atom is -0.480 e. The maximum absolute atomic E-state index is 12.8. The van der Waals surface area contributed by atoms with E-state index < -0.39 is 16.4 Å². The highest BCUT2D eigenvalue weighted by Crippen LogP contribution is 2.36. The molecule has 0 radical (unpaired) electrons. The highest BCUT2D eigenvalue weighted by molar-refractivity contribution is 8.01. The van der Waals surface area contributed by atoms with Crippen molar-refractivity contribution in [2.24, 2.45) is 7.05 Å². The third-order valence-electron chi connectivity index (χ3n) is 5.84. The first kappa shape index (κ1) is 27.7. The SMILES string of the molecule is CCCCCCCn1c(=O)c(NCCc2ccc(SC(C)(CCC)C(=O)O)cc2)nn(C)c1=O. The molecule has 0 aliphatic heterocycles. The number of carboxylic acids is 1. The second-order valence-electron chi connectivity index (χ2n) is 8.83. The number of hydrogen-bond donors (Lipinski definition) is 2. The van der Waals surface area contributed by atoms with Crippen molar-refractivity contribution in [2.75, 3.05) is 11.9 Å². The third kappa shape index (κ3) is 7.75. The monoisotopic (exact) mass is 490 g/mol. The Balaban J connectivity index is 1.98. The van der Waals surface area contributed by atoms with E-state index in [0.29, 0.717) is 25.9 Å². The molecular weight excluding hydrogens is 452 g/mol. The summed E-state index contributed by atoms with van der Waals surface area (Å²) in [5.74, 6) is -0.622. The molecule has 2 aromatic rings. The lowest BCUT2D eigenvalue weighted by molar-refractivity contribution is -0.139. The number of anilines is 1. The van der Waals surface area contributed by atoms with Gasteiger partial charge in [0.25, 0.3) is 5.56 Å². The Morgan fingerprint density at radius 2 is 1.76 bits per heavy atom. The standard InChI is InChI=1S/C25H38N4O4S/c1-5-7-8-9-10-18-29-22(30)21(27-28(4)24(29)33)26-17-15-19-11-13-20(14-12-19)34-25(3,16-6-2)23(31)32/h11-14H,5-10,15-18H2,1-4H3,(H,26,27)(H,31,32). The molecule has 1 heterocycles. The Bertz CT molecular complexity index is 1050. The van der Waals surface area contributed by atoms with Crippen LogP contribution in [0.1, 0.15) is 71.3 Å². The minimum absolute atomic E-state index is 0.180. The number of nitrogens with zero attached hydrogens (tertiary/aromatic N) is 3. The van der Waals surface area contributed by atoms with Crippen molar-refractivity contribution in [1.82, 2.24) is 14.3 Å². The Hall–Kier alpha value is -2.55. The number of aromatic nitrogens is 3. The number of hydrogen-bond acceptors (Lipinski definition) is 6. The first-order valence-electron chi connectivity index (χ1n) is 12.1. The number of nitrogens with one attached hydrogen (secondary N) is 1. The summed E-state index contributed by atoms with van der Waals surface area (Å²) in [6.07, 6.45) is 7.26. The zero-order valence-corrected chi connectivity index (χ0v) is 21.6. The Morgan fingerprint density at radius 3 is 2.38 bits per heavy atom. The van der Waals surface area contributed by atoms with Gasteiger partial charge in [-0.15, -0.1) is 16.9 Å². The predicted octanol–water partition coefficient (Wildman–Crippen LogP) is 4.30. The van der Waals surface area contributed by atoms with Gasteiger partial charge in [-0.1, -0.05) is 58.1 Å². The fraction of sp³-hybridized carbons (Fsp3) is 0.600. The third-order valence-corrected chi connectivity index (χ3v) is 7.18. The van der Waals surface area contributed by atoms with Crippen LogP contribution in [0.3, 0.4) is 0 Å². The fourth-order valence-corrected chi connectivity index (χ4v) is 4.98. The first-order valence-corrected chi connectivity index (χ1v) is 13.0. The second kappa shape index (κ2) is 13.4. The molecule has 2 N–H and O–H groups in total. The van der Waals surface area contributed by atoms with Gasteiger partial charge < -0.3 is 10.4 Å². The van der Waals surface area contributed by atoms with E-state index >= 15 is 0 Å². The van der Waals surface area contributed by atoms with E-state index in [4.69, 9.17) is 0 Å². The molecule has 34 heavy (non-hydrogen) atoms. The topological polar surface area (TPSA) is 106 Å². The Kier molecular flexibility index (Phi) is 10.9. The van der Waals surface area contributed by atoms with Crippen LogP contribution in [-0.4, -0.2) is 36.7 Å². The van der Waals surface area contributed by atoms with E-state index in [1.807, 2.05) is 31.2 Å². The molecule has 1 atom stereocenters. The van der Waals surface area contributed by atoms with Gasteiger partial charge in [0.05, 0.1) is 0 Å². The summed E-state index contributed by atoms with van der Waals surface area (Å²) < 4.78 is 1.63. The van der Waals surface area contributed by atoms with Gasteiger partial charge in [-0.2, -0.15) is 0 Å². The average Bonchev–Trinajstić information content (AvgIpc) is 2.80. The molecular formula is C25H38N4O4S. The minimum atomic E-state index is -0.845. The quantitative estimate of drug-likeness (QED) is 0.283. The molecule has 0 saturated heterocycles. The maximum Gasteiger partial charge on any atom is 0.347 e. The lowest BCUT2D eigenvalue weighted by Gasteiger charge is -2.23. The van der Waals surface area contributed by atoms with Gasteiger partial charge in [0.15, 0.2) is 0 Å². The maximum atomic E-state index is 12.8. The van der Waals surface area contributed by atoms with E-state index in [9.17, 15) is 19.5 Å². The van der Waals surface area contributed by atoms with E-state index in [0.717, 1.165) is 49.0 Å². The normalized spacial score (nSPS) is 12.9. The molecule has 0 aliphatic rings. The molecule has 0 bridgehead atoms. The summed E-state index contributed by atoms with van der Waals surface area (Å²) in [5.41, 5.74) is 0.287. The van der Waals surface area contributed by atoms with Crippen LogP contribution in [0.4, 0.5) is 5.82 Å². The Labute approximate surface area is 205 Å². The number of unbranched alkanes of at least 4 members (excludes halogenated alkanes) is 4. The van der Waals surface area contributed by atoms with Crippen LogP contribution >= 0.6 is 11.8 Å². The summed E-state index contributed by atoms with van der Waals surface area (Å²) in [7, 11) is 1.56. The van der Waals surface area contributed by atoms with Crippen LogP contribution in [-0.2, 0) is 24.8 Å². The smallest absolute Gasteiger partial charge is 0.347 e. The molecule has 0 aliphatic carbocycles. The number of aliphatic carboxylic acids is 1. The molecule has 1 unspecified atom stereocenters. The molecule has 8 nitrogen and oxygen atoms in total. The molecule has 0 fully saturated rings. The van der Waals surface area contributed by atoms with Crippen molar-refractivity contribution in [3.63, 3.8) is 0 Å². The average molecular weight is 491 g/mol. The van der Waals surface area contributed by atoms with Gasteiger partial charge in [-0.3, -0.25) is 14.2 Å². The lowest BCUT2D eigenvalue weighted by Crippen LogP contribution is -2.42. The van der Waals surface area contributed by atoms with Crippen LogP contribution in [0.25, 0.3) is 0 Å². The summed E-state index contributed by atoms with van der Waals surface area (Å²) in [4.78, 5) is 37.7. The van der Waals surface area contributed by atoms with E-state index in [1.165, 1.54) is 21.0 Å². The van der Waals surface area contributed by atoms with Crippen LogP contribution in [0.15, 0.2) is 38.8 Å². The zero-order chi connectivity index (χ0) is 25.1. The van der Waals surface area contributed by atoms with Gasteiger partial charge in [-0.25, -0.2) is 9.48 Å². The predicted molar refractivity (Wildman–Crippen MR) is 138 cm³/mol.